The molecule has 0 aliphatic carbocycles. The lowest BCUT2D eigenvalue weighted by molar-refractivity contribution is -0.145. The Hall–Kier alpha value is -1.76. The highest BCUT2D eigenvalue weighted by Crippen LogP contribution is 2.33. The highest BCUT2D eigenvalue weighted by atomic mass is 127. The van der Waals surface area contributed by atoms with Gasteiger partial charge in [-0.3, -0.25) is 4.79 Å². The summed E-state index contributed by atoms with van der Waals surface area (Å²) < 4.78 is 8.52. The third-order valence-electron chi connectivity index (χ3n) is 4.28. The average Bonchev–Trinajstić information content (AvgIpc) is 2.77. The van der Waals surface area contributed by atoms with Crippen LogP contribution in [0.15, 0.2) is 33.9 Å². The molecule has 128 valence electrons. The molecule has 0 aliphatic heterocycles. The van der Waals surface area contributed by atoms with Crippen LogP contribution in [0.1, 0.15) is 36.4 Å². The van der Waals surface area contributed by atoms with Gasteiger partial charge in [-0.05, 0) is 70.6 Å². The van der Waals surface area contributed by atoms with Gasteiger partial charge in [-0.15, -0.1) is 0 Å². The molecule has 0 atom stereocenters. The number of nitrogens with zero attached hydrogens (tertiary/aromatic N) is 1. The van der Waals surface area contributed by atoms with Gasteiger partial charge in [0.25, 0.3) is 0 Å². The maximum atomic E-state index is 12.3. The standard InChI is InChI=1S/C19H23IN2O2/c1-12(14(3)20)19-18(21)13(2)15(4)22(19)10-17(23)24-11-16-8-6-5-7-9-16/h5-9H,10-11,21H2,1-4H3/b14-12-. The highest BCUT2D eigenvalue weighted by molar-refractivity contribution is 14.1. The molecule has 0 saturated carbocycles. The minimum Gasteiger partial charge on any atom is -0.459 e. The minimum atomic E-state index is -0.267. The van der Waals surface area contributed by atoms with Crippen LogP contribution in [0.2, 0.25) is 0 Å². The summed E-state index contributed by atoms with van der Waals surface area (Å²) in [5.41, 5.74) is 12.0. The average molecular weight is 438 g/mol. The van der Waals surface area contributed by atoms with Gasteiger partial charge < -0.3 is 15.0 Å². The molecular weight excluding hydrogens is 415 g/mol. The minimum absolute atomic E-state index is 0.160. The van der Waals surface area contributed by atoms with Crippen LogP contribution in [-0.2, 0) is 22.7 Å². The predicted molar refractivity (Wildman–Crippen MR) is 107 cm³/mol. The third kappa shape index (κ3) is 4.01. The summed E-state index contributed by atoms with van der Waals surface area (Å²) in [4.78, 5) is 12.3. The Bertz CT molecular complexity index is 772. The number of halogens is 1. The molecule has 0 fully saturated rings. The van der Waals surface area contributed by atoms with Gasteiger partial charge in [-0.2, -0.15) is 0 Å². The first-order chi connectivity index (χ1) is 11.3. The quantitative estimate of drug-likeness (QED) is 0.548. The molecule has 2 N–H and O–H groups in total. The molecule has 5 heteroatoms. The molecule has 0 spiro atoms. The van der Waals surface area contributed by atoms with Crippen molar-refractivity contribution in [1.29, 1.82) is 0 Å². The molecule has 1 aromatic carbocycles. The fourth-order valence-electron chi connectivity index (χ4n) is 2.57. The van der Waals surface area contributed by atoms with Crippen molar-refractivity contribution in [3.05, 3.63) is 56.4 Å². The molecule has 24 heavy (non-hydrogen) atoms. The van der Waals surface area contributed by atoms with E-state index in [4.69, 9.17) is 10.5 Å². The summed E-state index contributed by atoms with van der Waals surface area (Å²) in [6.45, 7) is 8.46. The number of hydrogen-bond donors (Lipinski definition) is 1. The summed E-state index contributed by atoms with van der Waals surface area (Å²) in [6.07, 6.45) is 0. The zero-order valence-corrected chi connectivity index (χ0v) is 16.7. The Balaban J connectivity index is 2.21. The van der Waals surface area contributed by atoms with Crippen molar-refractivity contribution in [2.24, 2.45) is 0 Å². The molecule has 1 heterocycles. The first-order valence-electron chi connectivity index (χ1n) is 7.81. The number of nitrogens with two attached hydrogens (primary N) is 1. The second kappa shape index (κ2) is 7.88. The van der Waals surface area contributed by atoms with Gasteiger partial charge in [0.05, 0.1) is 11.4 Å². The molecule has 0 bridgehead atoms. The number of allylic oxidation sites excluding steroid dienone is 2. The fraction of sp³-hybridized carbons (Fsp3) is 0.316. The van der Waals surface area contributed by atoms with Gasteiger partial charge in [-0.25, -0.2) is 0 Å². The van der Waals surface area contributed by atoms with Crippen molar-refractivity contribution in [2.75, 3.05) is 5.73 Å². The fourth-order valence-corrected chi connectivity index (χ4v) is 2.82. The molecule has 2 rings (SSSR count). The van der Waals surface area contributed by atoms with Crippen LogP contribution >= 0.6 is 22.6 Å². The Morgan fingerprint density at radius 3 is 2.42 bits per heavy atom. The summed E-state index contributed by atoms with van der Waals surface area (Å²) in [7, 11) is 0. The number of carbonyl (C=O) groups is 1. The van der Waals surface area contributed by atoms with E-state index in [0.29, 0.717) is 0 Å². The van der Waals surface area contributed by atoms with Crippen molar-refractivity contribution < 1.29 is 9.53 Å². The second-order valence-corrected chi connectivity index (χ2v) is 7.48. The number of ether oxygens (including phenoxy) is 1. The second-order valence-electron chi connectivity index (χ2n) is 5.86. The zero-order valence-electron chi connectivity index (χ0n) is 14.5. The monoisotopic (exact) mass is 438 g/mol. The number of rotatable bonds is 5. The van der Waals surface area contributed by atoms with Crippen LogP contribution in [0, 0.1) is 13.8 Å². The molecule has 4 nitrogen and oxygen atoms in total. The van der Waals surface area contributed by atoms with Gasteiger partial charge in [0, 0.05) is 5.69 Å². The lowest BCUT2D eigenvalue weighted by Gasteiger charge is -2.13. The largest absolute Gasteiger partial charge is 0.459 e. The Morgan fingerprint density at radius 2 is 1.83 bits per heavy atom. The Labute approximate surface area is 156 Å². The Kier molecular flexibility index (Phi) is 6.10. The first-order valence-corrected chi connectivity index (χ1v) is 8.88. The summed E-state index contributed by atoms with van der Waals surface area (Å²) >= 11 is 2.28. The van der Waals surface area contributed by atoms with Crippen molar-refractivity contribution >= 4 is 39.8 Å². The third-order valence-corrected chi connectivity index (χ3v) is 5.09. The summed E-state index contributed by atoms with van der Waals surface area (Å²) in [5, 5.41) is 0. The van der Waals surface area contributed by atoms with Gasteiger partial charge in [0.1, 0.15) is 13.2 Å². The van der Waals surface area contributed by atoms with Crippen LogP contribution in [-0.4, -0.2) is 10.5 Å². The van der Waals surface area contributed by atoms with E-state index < -0.39 is 0 Å². The summed E-state index contributed by atoms with van der Waals surface area (Å²) in [5.74, 6) is -0.267. The summed E-state index contributed by atoms with van der Waals surface area (Å²) in [6, 6.07) is 9.67. The zero-order chi connectivity index (χ0) is 17.9. The highest BCUT2D eigenvalue weighted by Gasteiger charge is 2.20. The van der Waals surface area contributed by atoms with Crippen molar-refractivity contribution in [3.8, 4) is 0 Å². The first kappa shape index (κ1) is 18.6. The van der Waals surface area contributed by atoms with E-state index in [9.17, 15) is 4.79 Å². The lowest BCUT2D eigenvalue weighted by Crippen LogP contribution is -2.16. The van der Waals surface area contributed by atoms with Gasteiger partial charge in [0.15, 0.2) is 0 Å². The topological polar surface area (TPSA) is 57.2 Å². The van der Waals surface area contributed by atoms with Crippen LogP contribution in [0.3, 0.4) is 0 Å². The van der Waals surface area contributed by atoms with E-state index in [0.717, 1.165) is 37.4 Å². The smallest absolute Gasteiger partial charge is 0.326 e. The molecule has 0 amide bonds. The van der Waals surface area contributed by atoms with E-state index in [-0.39, 0.29) is 19.1 Å². The van der Waals surface area contributed by atoms with E-state index in [1.807, 2.05) is 62.6 Å². The molecule has 0 aliphatic rings. The van der Waals surface area contributed by atoms with Crippen molar-refractivity contribution in [1.82, 2.24) is 4.57 Å². The van der Waals surface area contributed by atoms with E-state index in [2.05, 4.69) is 22.6 Å². The maximum Gasteiger partial charge on any atom is 0.326 e. The van der Waals surface area contributed by atoms with Crippen LogP contribution in [0.25, 0.3) is 5.57 Å². The number of nitrogen functional groups attached to an aromatic ring is 1. The van der Waals surface area contributed by atoms with Crippen LogP contribution < -0.4 is 5.73 Å². The van der Waals surface area contributed by atoms with E-state index >= 15 is 0 Å². The molecule has 0 saturated heterocycles. The SMILES string of the molecule is C/C(I)=C(\C)c1c(N)c(C)c(C)n1CC(=O)OCc1ccccc1. The molecule has 0 unspecified atom stereocenters. The van der Waals surface area contributed by atoms with Gasteiger partial charge in [0.2, 0.25) is 0 Å². The molecule has 1 aromatic heterocycles. The molecule has 2 aromatic rings. The van der Waals surface area contributed by atoms with E-state index in [1.165, 1.54) is 0 Å². The maximum absolute atomic E-state index is 12.3. The predicted octanol–water partition coefficient (Wildman–Crippen LogP) is 4.62. The Morgan fingerprint density at radius 1 is 1.21 bits per heavy atom. The van der Waals surface area contributed by atoms with Crippen LogP contribution in [0.4, 0.5) is 5.69 Å². The molecule has 0 radical (unpaired) electrons. The van der Waals surface area contributed by atoms with E-state index in [1.54, 1.807) is 0 Å². The van der Waals surface area contributed by atoms with Crippen molar-refractivity contribution in [3.63, 3.8) is 0 Å². The number of hydrogen-bond acceptors (Lipinski definition) is 3. The molecular formula is C19H23IN2O2. The normalized spacial score (nSPS) is 12.0. The number of aromatic nitrogens is 1. The van der Waals surface area contributed by atoms with Gasteiger partial charge >= 0.3 is 5.97 Å². The van der Waals surface area contributed by atoms with Crippen molar-refractivity contribution in [2.45, 2.75) is 40.8 Å². The lowest BCUT2D eigenvalue weighted by atomic mass is 10.1. The number of carbonyl (C=O) groups excluding carboxylic acids is 1. The number of esters is 1. The number of anilines is 1. The number of benzene rings is 1. The van der Waals surface area contributed by atoms with Gasteiger partial charge in [-0.1, -0.05) is 30.3 Å². The van der Waals surface area contributed by atoms with Crippen LogP contribution in [0.5, 0.6) is 0 Å².